The fourth-order valence-electron chi connectivity index (χ4n) is 4.11. The molecule has 190 valence electrons. The van der Waals surface area contributed by atoms with E-state index in [-0.39, 0.29) is 23.6 Å². The molecule has 2 aromatic carbocycles. The maximum atomic E-state index is 13.0. The molecule has 1 amide bonds. The quantitative estimate of drug-likeness (QED) is 0.411. The summed E-state index contributed by atoms with van der Waals surface area (Å²) in [5.74, 6) is 0.702. The highest BCUT2D eigenvalue weighted by Crippen LogP contribution is 2.30. The van der Waals surface area contributed by atoms with Crippen molar-refractivity contribution >= 4 is 5.91 Å². The molecule has 3 N–H and O–H groups in total. The van der Waals surface area contributed by atoms with E-state index < -0.39 is 18.1 Å². The van der Waals surface area contributed by atoms with Crippen molar-refractivity contribution < 1.29 is 24.1 Å². The summed E-state index contributed by atoms with van der Waals surface area (Å²) in [5.41, 5.74) is 1.68. The maximum Gasteiger partial charge on any atom is 0.270 e. The second-order valence-electron chi connectivity index (χ2n) is 8.32. The summed E-state index contributed by atoms with van der Waals surface area (Å²) in [5, 5.41) is 12.5. The number of aromatic amines is 1. The largest absolute Gasteiger partial charge is 0.493 e. The van der Waals surface area contributed by atoms with E-state index in [0.717, 1.165) is 38.4 Å². The number of nitrogens with one attached hydrogen (secondary N) is 2. The van der Waals surface area contributed by atoms with E-state index in [1.807, 2.05) is 24.3 Å². The Labute approximate surface area is 208 Å². The zero-order valence-corrected chi connectivity index (χ0v) is 20.4. The van der Waals surface area contributed by atoms with Crippen molar-refractivity contribution in [2.45, 2.75) is 19.7 Å². The smallest absolute Gasteiger partial charge is 0.270 e. The van der Waals surface area contributed by atoms with Crippen molar-refractivity contribution in [3.05, 3.63) is 75.2 Å². The Morgan fingerprint density at radius 1 is 1.14 bits per heavy atom. The molecule has 36 heavy (non-hydrogen) atoms. The van der Waals surface area contributed by atoms with E-state index in [1.54, 1.807) is 18.2 Å². The SMILES string of the molecule is COc1cccc(CNC(=O)c2nc(-c3ccc(CN4CCOCC4)cc3)[nH]c(=O)c2CO)c1OC. The number of carbonyl (C=O) groups is 1. The van der Waals surface area contributed by atoms with Crippen LogP contribution in [0.1, 0.15) is 27.2 Å². The lowest BCUT2D eigenvalue weighted by Crippen LogP contribution is -2.35. The molecular weight excluding hydrogens is 464 g/mol. The van der Waals surface area contributed by atoms with Crippen molar-refractivity contribution in [1.29, 1.82) is 0 Å². The van der Waals surface area contributed by atoms with Gasteiger partial charge in [0.1, 0.15) is 11.5 Å². The van der Waals surface area contributed by atoms with Gasteiger partial charge >= 0.3 is 0 Å². The normalized spacial score (nSPS) is 13.9. The molecule has 0 spiro atoms. The molecule has 1 aliphatic rings. The van der Waals surface area contributed by atoms with Crippen LogP contribution in [0.5, 0.6) is 11.5 Å². The lowest BCUT2D eigenvalue weighted by atomic mass is 10.1. The first-order valence-electron chi connectivity index (χ1n) is 11.7. The molecule has 1 saturated heterocycles. The number of rotatable bonds is 9. The van der Waals surface area contributed by atoms with Crippen LogP contribution in [-0.2, 0) is 24.4 Å². The fraction of sp³-hybridized carbons (Fsp3) is 0.346. The predicted molar refractivity (Wildman–Crippen MR) is 133 cm³/mol. The van der Waals surface area contributed by atoms with Gasteiger partial charge in [-0.05, 0) is 11.6 Å². The molecule has 1 aliphatic heterocycles. The minimum absolute atomic E-state index is 0.0993. The van der Waals surface area contributed by atoms with Crippen LogP contribution in [0.3, 0.4) is 0 Å². The number of aromatic nitrogens is 2. The number of methoxy groups -OCH3 is 2. The zero-order valence-electron chi connectivity index (χ0n) is 20.4. The molecule has 4 rings (SSSR count). The minimum atomic E-state index is -0.619. The third-order valence-electron chi connectivity index (χ3n) is 6.05. The van der Waals surface area contributed by atoms with Gasteiger partial charge in [-0.3, -0.25) is 14.5 Å². The monoisotopic (exact) mass is 494 g/mol. The lowest BCUT2D eigenvalue weighted by Gasteiger charge is -2.26. The van der Waals surface area contributed by atoms with Crippen molar-refractivity contribution in [2.24, 2.45) is 0 Å². The molecule has 0 aliphatic carbocycles. The van der Waals surface area contributed by atoms with Gasteiger partial charge in [0.15, 0.2) is 11.5 Å². The first-order valence-corrected chi connectivity index (χ1v) is 11.7. The molecule has 3 aromatic rings. The van der Waals surface area contributed by atoms with Crippen LogP contribution in [0.4, 0.5) is 0 Å². The Kier molecular flexibility index (Phi) is 8.32. The second-order valence-corrected chi connectivity index (χ2v) is 8.32. The van der Waals surface area contributed by atoms with Crippen molar-refractivity contribution in [3.8, 4) is 22.9 Å². The van der Waals surface area contributed by atoms with Gasteiger partial charge in [-0.15, -0.1) is 0 Å². The Hall–Kier alpha value is -3.73. The number of hydrogen-bond acceptors (Lipinski definition) is 8. The molecule has 0 saturated carbocycles. The van der Waals surface area contributed by atoms with Crippen LogP contribution < -0.4 is 20.3 Å². The first-order chi connectivity index (χ1) is 17.5. The number of aliphatic hydroxyl groups is 1. The molecule has 1 fully saturated rings. The van der Waals surface area contributed by atoms with E-state index >= 15 is 0 Å². The van der Waals surface area contributed by atoms with Gasteiger partial charge in [0, 0.05) is 37.3 Å². The topological polar surface area (TPSA) is 126 Å². The predicted octanol–water partition coefficient (Wildman–Crippen LogP) is 1.71. The zero-order chi connectivity index (χ0) is 25.5. The van der Waals surface area contributed by atoms with Gasteiger partial charge in [-0.25, -0.2) is 4.98 Å². The Morgan fingerprint density at radius 2 is 1.89 bits per heavy atom. The fourth-order valence-corrected chi connectivity index (χ4v) is 4.11. The van der Waals surface area contributed by atoms with Gasteiger partial charge in [-0.1, -0.05) is 36.4 Å². The van der Waals surface area contributed by atoms with E-state index in [1.165, 1.54) is 14.2 Å². The molecule has 0 atom stereocenters. The number of morpholine rings is 1. The van der Waals surface area contributed by atoms with Crippen LogP contribution in [0.2, 0.25) is 0 Å². The summed E-state index contributed by atoms with van der Waals surface area (Å²) in [6.45, 7) is 3.54. The van der Waals surface area contributed by atoms with E-state index in [0.29, 0.717) is 22.6 Å². The molecule has 0 unspecified atom stereocenters. The number of ether oxygens (including phenoxy) is 3. The maximum absolute atomic E-state index is 13.0. The number of carbonyl (C=O) groups excluding carboxylic acids is 1. The number of amides is 1. The summed E-state index contributed by atoms with van der Waals surface area (Å²) >= 11 is 0. The van der Waals surface area contributed by atoms with E-state index in [2.05, 4.69) is 20.2 Å². The molecule has 10 heteroatoms. The molecule has 0 radical (unpaired) electrons. The van der Waals surface area contributed by atoms with Crippen LogP contribution in [0, 0.1) is 0 Å². The molecule has 0 bridgehead atoms. The van der Waals surface area contributed by atoms with Crippen LogP contribution in [0.15, 0.2) is 47.3 Å². The third kappa shape index (κ3) is 5.73. The second kappa shape index (κ2) is 11.8. The van der Waals surface area contributed by atoms with Crippen molar-refractivity contribution in [3.63, 3.8) is 0 Å². The summed E-state index contributed by atoms with van der Waals surface area (Å²) in [7, 11) is 3.05. The van der Waals surface area contributed by atoms with Gasteiger partial charge in [-0.2, -0.15) is 0 Å². The molecular formula is C26H30N4O6. The van der Waals surface area contributed by atoms with Gasteiger partial charge in [0.05, 0.1) is 39.6 Å². The summed E-state index contributed by atoms with van der Waals surface area (Å²) in [6.07, 6.45) is 0. The summed E-state index contributed by atoms with van der Waals surface area (Å²) in [6, 6.07) is 13.0. The highest BCUT2D eigenvalue weighted by molar-refractivity contribution is 5.94. The molecule has 10 nitrogen and oxygen atoms in total. The average Bonchev–Trinajstić information content (AvgIpc) is 2.91. The van der Waals surface area contributed by atoms with Crippen LogP contribution in [-0.4, -0.2) is 66.4 Å². The van der Waals surface area contributed by atoms with E-state index in [4.69, 9.17) is 14.2 Å². The van der Waals surface area contributed by atoms with Gasteiger partial charge in [0.2, 0.25) is 0 Å². The summed E-state index contributed by atoms with van der Waals surface area (Å²) < 4.78 is 16.1. The van der Waals surface area contributed by atoms with Crippen molar-refractivity contribution in [1.82, 2.24) is 20.2 Å². The number of aliphatic hydroxyl groups excluding tert-OH is 1. The lowest BCUT2D eigenvalue weighted by molar-refractivity contribution is 0.0342. The Balaban J connectivity index is 1.54. The van der Waals surface area contributed by atoms with Gasteiger partial charge in [0.25, 0.3) is 11.5 Å². The van der Waals surface area contributed by atoms with Gasteiger partial charge < -0.3 is 29.6 Å². The Morgan fingerprint density at radius 3 is 2.56 bits per heavy atom. The van der Waals surface area contributed by atoms with Crippen LogP contribution in [0.25, 0.3) is 11.4 Å². The minimum Gasteiger partial charge on any atom is -0.493 e. The molecule has 1 aromatic heterocycles. The Bertz CT molecular complexity index is 1250. The number of H-pyrrole nitrogens is 1. The molecule has 2 heterocycles. The van der Waals surface area contributed by atoms with Crippen molar-refractivity contribution in [2.75, 3.05) is 40.5 Å². The third-order valence-corrected chi connectivity index (χ3v) is 6.05. The highest BCUT2D eigenvalue weighted by atomic mass is 16.5. The number of para-hydroxylation sites is 1. The summed E-state index contributed by atoms with van der Waals surface area (Å²) in [4.78, 5) is 35.1. The first kappa shape index (κ1) is 25.4. The number of nitrogens with zero attached hydrogens (tertiary/aromatic N) is 2. The standard InChI is InChI=1S/C26H30N4O6/c1-34-21-5-3-4-19(23(21)35-2)14-27-26(33)22-20(16-31)25(32)29-24(28-22)18-8-6-17(7-9-18)15-30-10-12-36-13-11-30/h3-9,31H,10-16H2,1-2H3,(H,27,33)(H,28,29,32). The number of hydrogen-bond donors (Lipinski definition) is 3. The van der Waals surface area contributed by atoms with Crippen LogP contribution >= 0.6 is 0 Å². The average molecular weight is 495 g/mol. The number of benzene rings is 2. The van der Waals surface area contributed by atoms with E-state index in [9.17, 15) is 14.7 Å². The highest BCUT2D eigenvalue weighted by Gasteiger charge is 2.20.